The monoisotopic (exact) mass is 424 g/mol. The zero-order valence-electron chi connectivity index (χ0n) is 19.4. The molecule has 2 aliphatic carbocycles. The van der Waals surface area contributed by atoms with Gasteiger partial charge < -0.3 is 4.42 Å². The molecular weight excluding hydrogens is 390 g/mol. The SMILES string of the molecule is Cc1cc2ccoc2cc1-c1c2ccc(CCC3CC4CCCC(C4)C3)cc2cc[n+]1C. The molecule has 0 spiro atoms. The molecule has 2 nitrogen and oxygen atoms in total. The van der Waals surface area contributed by atoms with Gasteiger partial charge in [0, 0.05) is 11.5 Å². The Labute approximate surface area is 191 Å². The zero-order chi connectivity index (χ0) is 21.7. The lowest BCUT2D eigenvalue weighted by molar-refractivity contribution is -0.659. The number of furan rings is 1. The molecule has 2 aromatic heterocycles. The van der Waals surface area contributed by atoms with Crippen molar-refractivity contribution < 1.29 is 8.98 Å². The second kappa shape index (κ2) is 8.06. The van der Waals surface area contributed by atoms with Gasteiger partial charge in [0.15, 0.2) is 6.20 Å². The van der Waals surface area contributed by atoms with E-state index in [-0.39, 0.29) is 0 Å². The number of aryl methyl sites for hydroxylation is 3. The van der Waals surface area contributed by atoms with Gasteiger partial charge in [0.25, 0.3) is 0 Å². The summed E-state index contributed by atoms with van der Waals surface area (Å²) in [7, 11) is 2.15. The average molecular weight is 425 g/mol. The minimum absolute atomic E-state index is 0.946. The molecule has 32 heavy (non-hydrogen) atoms. The highest BCUT2D eigenvalue weighted by Crippen LogP contribution is 2.44. The molecule has 2 aliphatic rings. The van der Waals surface area contributed by atoms with Gasteiger partial charge in [0.05, 0.1) is 17.2 Å². The van der Waals surface area contributed by atoms with Crippen molar-refractivity contribution in [2.45, 2.75) is 58.3 Å². The van der Waals surface area contributed by atoms with Crippen molar-refractivity contribution in [3.8, 4) is 11.3 Å². The van der Waals surface area contributed by atoms with E-state index in [1.165, 1.54) is 89.9 Å². The normalized spacial score (nSPS) is 23.1. The van der Waals surface area contributed by atoms with Gasteiger partial charge in [0.1, 0.15) is 12.6 Å². The summed E-state index contributed by atoms with van der Waals surface area (Å²) in [5.74, 6) is 3.00. The highest BCUT2D eigenvalue weighted by molar-refractivity contribution is 5.96. The van der Waals surface area contributed by atoms with Crippen LogP contribution in [0, 0.1) is 24.7 Å². The third kappa shape index (κ3) is 3.64. The molecule has 2 aromatic carbocycles. The van der Waals surface area contributed by atoms with Crippen LogP contribution in [0.5, 0.6) is 0 Å². The Morgan fingerprint density at radius 2 is 1.78 bits per heavy atom. The molecule has 0 saturated heterocycles. The third-order valence-electron chi connectivity index (χ3n) is 8.32. The first-order valence-corrected chi connectivity index (χ1v) is 12.5. The van der Waals surface area contributed by atoms with Gasteiger partial charge in [-0.25, -0.2) is 4.57 Å². The number of rotatable bonds is 4. The van der Waals surface area contributed by atoms with Gasteiger partial charge in [-0.15, -0.1) is 0 Å². The minimum atomic E-state index is 0.946. The van der Waals surface area contributed by atoms with Crippen molar-refractivity contribution in [2.24, 2.45) is 24.8 Å². The van der Waals surface area contributed by atoms with Crippen LogP contribution in [0.2, 0.25) is 0 Å². The van der Waals surface area contributed by atoms with E-state index < -0.39 is 0 Å². The molecule has 2 bridgehead atoms. The lowest BCUT2D eigenvalue weighted by atomic mass is 9.67. The molecule has 2 saturated carbocycles. The van der Waals surface area contributed by atoms with Crippen LogP contribution in [0.15, 0.2) is 59.3 Å². The summed E-state index contributed by atoms with van der Waals surface area (Å²) >= 11 is 0. The van der Waals surface area contributed by atoms with E-state index in [1.54, 1.807) is 6.26 Å². The Balaban J connectivity index is 1.29. The fourth-order valence-electron chi connectivity index (χ4n) is 6.77. The smallest absolute Gasteiger partial charge is 0.220 e. The molecule has 2 heteroatoms. The van der Waals surface area contributed by atoms with Crippen LogP contribution in [-0.2, 0) is 13.5 Å². The number of pyridine rings is 1. The van der Waals surface area contributed by atoms with Crippen molar-refractivity contribution in [2.75, 3.05) is 0 Å². The first-order chi connectivity index (χ1) is 15.6. The molecule has 0 amide bonds. The predicted octanol–water partition coefficient (Wildman–Crippen LogP) is 7.53. The van der Waals surface area contributed by atoms with E-state index >= 15 is 0 Å². The summed E-state index contributed by atoms with van der Waals surface area (Å²) < 4.78 is 7.96. The van der Waals surface area contributed by atoms with Crippen LogP contribution in [0.25, 0.3) is 33.0 Å². The van der Waals surface area contributed by atoms with Gasteiger partial charge in [-0.3, -0.25) is 0 Å². The fourth-order valence-corrected chi connectivity index (χ4v) is 6.77. The summed E-state index contributed by atoms with van der Waals surface area (Å²) in [6, 6.07) is 15.9. The minimum Gasteiger partial charge on any atom is -0.464 e. The Morgan fingerprint density at radius 3 is 2.62 bits per heavy atom. The molecule has 2 fully saturated rings. The van der Waals surface area contributed by atoms with E-state index in [9.17, 15) is 0 Å². The first kappa shape index (κ1) is 20.0. The molecule has 4 aromatic rings. The van der Waals surface area contributed by atoms with Crippen molar-refractivity contribution in [3.63, 3.8) is 0 Å². The van der Waals surface area contributed by atoms with Crippen molar-refractivity contribution in [1.82, 2.24) is 0 Å². The van der Waals surface area contributed by atoms with Crippen molar-refractivity contribution in [1.29, 1.82) is 0 Å². The average Bonchev–Trinajstić information content (AvgIpc) is 3.24. The van der Waals surface area contributed by atoms with Crippen molar-refractivity contribution in [3.05, 3.63) is 66.1 Å². The molecule has 6 rings (SSSR count). The van der Waals surface area contributed by atoms with Crippen LogP contribution < -0.4 is 4.57 Å². The van der Waals surface area contributed by atoms with E-state index in [2.05, 4.69) is 61.1 Å². The maximum absolute atomic E-state index is 5.71. The maximum atomic E-state index is 5.71. The first-order valence-electron chi connectivity index (χ1n) is 12.5. The van der Waals surface area contributed by atoms with Crippen LogP contribution in [0.3, 0.4) is 0 Å². The van der Waals surface area contributed by atoms with Crippen LogP contribution in [0.4, 0.5) is 0 Å². The highest BCUT2D eigenvalue weighted by Gasteiger charge is 2.31. The van der Waals surface area contributed by atoms with Gasteiger partial charge in [-0.05, 0) is 97.6 Å². The third-order valence-corrected chi connectivity index (χ3v) is 8.32. The van der Waals surface area contributed by atoms with E-state index in [0.29, 0.717) is 0 Å². The Hall–Kier alpha value is -2.61. The summed E-state index contributed by atoms with van der Waals surface area (Å²) in [6.45, 7) is 2.20. The standard InChI is InChI=1S/C30H34NO/c1-20-14-26-11-13-32-29(26)19-28(20)30-27-9-8-21(18-25(27)10-12-31(30)2)6-7-24-16-22-4-3-5-23(15-22)17-24/h8-14,18-19,22-24H,3-7,15-17H2,1-2H3/q+1. The number of nitrogens with zero attached hydrogens (tertiary/aromatic N) is 1. The topological polar surface area (TPSA) is 17.0 Å². The Kier molecular flexibility index (Phi) is 5.05. The Bertz CT molecular complexity index is 1270. The summed E-state index contributed by atoms with van der Waals surface area (Å²) in [5, 5.41) is 3.83. The Morgan fingerprint density at radius 1 is 0.938 bits per heavy atom. The number of hydrogen-bond donors (Lipinski definition) is 0. The molecule has 2 unspecified atom stereocenters. The lowest BCUT2D eigenvalue weighted by Crippen LogP contribution is -2.30. The number of aromatic nitrogens is 1. The molecular formula is C30H34NO+. The molecule has 164 valence electrons. The number of benzene rings is 2. The highest BCUT2D eigenvalue weighted by atomic mass is 16.3. The zero-order valence-corrected chi connectivity index (χ0v) is 19.4. The maximum Gasteiger partial charge on any atom is 0.220 e. The second-order valence-corrected chi connectivity index (χ2v) is 10.6. The summed E-state index contributed by atoms with van der Waals surface area (Å²) in [5.41, 5.74) is 6.25. The molecule has 2 atom stereocenters. The molecule has 0 N–H and O–H groups in total. The van der Waals surface area contributed by atoms with Crippen LogP contribution in [-0.4, -0.2) is 0 Å². The molecule has 0 radical (unpaired) electrons. The van der Waals surface area contributed by atoms with Gasteiger partial charge in [-0.1, -0.05) is 31.4 Å². The lowest BCUT2D eigenvalue weighted by Gasteiger charge is -2.39. The summed E-state index contributed by atoms with van der Waals surface area (Å²) in [4.78, 5) is 0. The van der Waals surface area contributed by atoms with Crippen LogP contribution in [0.1, 0.15) is 56.1 Å². The van der Waals surface area contributed by atoms with Gasteiger partial charge >= 0.3 is 0 Å². The largest absolute Gasteiger partial charge is 0.464 e. The number of hydrogen-bond acceptors (Lipinski definition) is 1. The van der Waals surface area contributed by atoms with E-state index in [4.69, 9.17) is 4.42 Å². The van der Waals surface area contributed by atoms with E-state index in [0.717, 1.165) is 23.3 Å². The van der Waals surface area contributed by atoms with Gasteiger partial charge in [0.2, 0.25) is 5.69 Å². The van der Waals surface area contributed by atoms with Gasteiger partial charge in [-0.2, -0.15) is 0 Å². The fraction of sp³-hybridized carbons (Fsp3) is 0.433. The predicted molar refractivity (Wildman–Crippen MR) is 132 cm³/mol. The second-order valence-electron chi connectivity index (χ2n) is 10.6. The van der Waals surface area contributed by atoms with E-state index in [1.807, 2.05) is 6.07 Å². The summed E-state index contributed by atoms with van der Waals surface area (Å²) in [6.07, 6.45) is 15.5. The number of fused-ring (bicyclic) bond motifs is 4. The molecule has 2 heterocycles. The quantitative estimate of drug-likeness (QED) is 0.309. The van der Waals surface area contributed by atoms with Crippen molar-refractivity contribution >= 4 is 21.7 Å². The van der Waals surface area contributed by atoms with Crippen LogP contribution >= 0.6 is 0 Å². The molecule has 0 aliphatic heterocycles.